The van der Waals surface area contributed by atoms with Gasteiger partial charge in [0, 0.05) is 23.7 Å². The summed E-state index contributed by atoms with van der Waals surface area (Å²) >= 11 is 1.61. The third kappa shape index (κ3) is 4.18. The Morgan fingerprint density at radius 2 is 2.00 bits per heavy atom. The Labute approximate surface area is 164 Å². The van der Waals surface area contributed by atoms with Crippen LogP contribution in [0.15, 0.2) is 28.4 Å². The van der Waals surface area contributed by atoms with Crippen LogP contribution in [-0.2, 0) is 12.8 Å². The average molecular weight is 378 g/mol. The van der Waals surface area contributed by atoms with Gasteiger partial charge in [-0.2, -0.15) is 10.5 Å². The molecule has 1 aliphatic carbocycles. The number of rotatable bonds is 6. The highest BCUT2D eigenvalue weighted by Crippen LogP contribution is 2.40. The van der Waals surface area contributed by atoms with E-state index in [1.165, 1.54) is 16.9 Å². The predicted octanol–water partition coefficient (Wildman–Crippen LogP) is 5.96. The van der Waals surface area contributed by atoms with E-state index in [2.05, 4.69) is 40.3 Å². The van der Waals surface area contributed by atoms with Gasteiger partial charge in [0.1, 0.15) is 6.07 Å². The van der Waals surface area contributed by atoms with E-state index in [1.54, 1.807) is 11.3 Å². The highest BCUT2D eigenvalue weighted by molar-refractivity contribution is 7.16. The Bertz CT molecular complexity index is 929. The zero-order valence-electron chi connectivity index (χ0n) is 15.8. The summed E-state index contributed by atoms with van der Waals surface area (Å²) in [6.07, 6.45) is 4.87. The highest BCUT2D eigenvalue weighted by atomic mass is 32.1. The molecule has 0 saturated heterocycles. The first-order chi connectivity index (χ1) is 13.2. The molecule has 2 aromatic rings. The largest absolute Gasteiger partial charge is 0.371 e. The molecule has 1 aromatic carbocycles. The quantitative estimate of drug-likeness (QED) is 0.583. The van der Waals surface area contributed by atoms with Gasteiger partial charge in [-0.15, -0.1) is 21.6 Å². The average Bonchev–Trinajstić information content (AvgIpc) is 3.05. The van der Waals surface area contributed by atoms with Crippen molar-refractivity contribution < 1.29 is 0 Å². The Morgan fingerprint density at radius 3 is 2.70 bits per heavy atom. The van der Waals surface area contributed by atoms with Crippen LogP contribution >= 0.6 is 11.3 Å². The monoisotopic (exact) mass is 377 g/mol. The summed E-state index contributed by atoms with van der Waals surface area (Å²) in [4.78, 5) is 3.48. The molecule has 0 atom stereocenters. The summed E-state index contributed by atoms with van der Waals surface area (Å²) in [7, 11) is 0. The summed E-state index contributed by atoms with van der Waals surface area (Å²) in [5.74, 6) is 0. The first-order valence-electron chi connectivity index (χ1n) is 9.36. The van der Waals surface area contributed by atoms with E-state index in [9.17, 15) is 5.26 Å². The van der Waals surface area contributed by atoms with Crippen LogP contribution in [0.5, 0.6) is 0 Å². The molecule has 1 aliphatic rings. The molecule has 0 spiro atoms. The topological polar surface area (TPSA) is 75.5 Å². The molecule has 0 N–H and O–H groups in total. The fourth-order valence-corrected chi connectivity index (χ4v) is 4.60. The van der Waals surface area contributed by atoms with Crippen molar-refractivity contribution in [3.8, 4) is 12.1 Å². The second kappa shape index (κ2) is 8.79. The molecule has 1 heterocycles. The van der Waals surface area contributed by atoms with Crippen molar-refractivity contribution in [2.75, 3.05) is 18.0 Å². The molecule has 27 heavy (non-hydrogen) atoms. The maximum Gasteiger partial charge on any atom is 0.157 e. The van der Waals surface area contributed by atoms with Crippen LogP contribution in [0.2, 0.25) is 0 Å². The lowest BCUT2D eigenvalue weighted by atomic mass is 9.96. The zero-order chi connectivity index (χ0) is 19.2. The Kier molecular flexibility index (Phi) is 6.21. The predicted molar refractivity (Wildman–Crippen MR) is 109 cm³/mol. The number of thiophene rings is 1. The molecule has 0 aliphatic heterocycles. The van der Waals surface area contributed by atoms with Crippen LogP contribution in [0.4, 0.5) is 16.4 Å². The van der Waals surface area contributed by atoms with E-state index < -0.39 is 0 Å². The molecule has 0 radical (unpaired) electrons. The van der Waals surface area contributed by atoms with Gasteiger partial charge in [-0.1, -0.05) is 0 Å². The van der Waals surface area contributed by atoms with Crippen molar-refractivity contribution in [1.29, 1.82) is 10.5 Å². The van der Waals surface area contributed by atoms with Gasteiger partial charge in [0.2, 0.25) is 0 Å². The van der Waals surface area contributed by atoms with Crippen LogP contribution in [0.3, 0.4) is 0 Å². The normalized spacial score (nSPS) is 13.2. The fourth-order valence-electron chi connectivity index (χ4n) is 3.44. The number of nitrogens with zero attached hydrogens (tertiary/aromatic N) is 5. The fraction of sp³-hybridized carbons (Fsp3) is 0.429. The minimum atomic E-state index is 0.508. The number of anilines is 1. The highest BCUT2D eigenvalue weighted by Gasteiger charge is 2.20. The number of hydrogen-bond donors (Lipinski definition) is 0. The maximum atomic E-state index is 9.54. The van der Waals surface area contributed by atoms with Gasteiger partial charge in [0.05, 0.1) is 23.7 Å². The molecule has 1 aromatic heterocycles. The third-order valence-electron chi connectivity index (χ3n) is 4.93. The number of azo groups is 1. The van der Waals surface area contributed by atoms with Gasteiger partial charge in [-0.05, 0) is 68.9 Å². The van der Waals surface area contributed by atoms with Gasteiger partial charge in [-0.25, -0.2) is 0 Å². The minimum absolute atomic E-state index is 0.508. The van der Waals surface area contributed by atoms with Crippen molar-refractivity contribution >= 4 is 27.7 Å². The van der Waals surface area contributed by atoms with Gasteiger partial charge in [0.15, 0.2) is 5.00 Å². The van der Waals surface area contributed by atoms with E-state index >= 15 is 0 Å². The standard InChI is InChI=1S/C21H23N5S/c1-3-26(12-6-11-22)16-9-10-19(15(2)13-16)24-25-21-18(14-23)17-7-4-5-8-20(17)27-21/h9-10,13H,3-8,12H2,1-2H3. The lowest BCUT2D eigenvalue weighted by molar-refractivity contribution is 0.696. The van der Waals surface area contributed by atoms with Crippen LogP contribution in [0.25, 0.3) is 0 Å². The Morgan fingerprint density at radius 1 is 1.19 bits per heavy atom. The molecule has 0 fully saturated rings. The first kappa shape index (κ1) is 19.1. The van der Waals surface area contributed by atoms with Crippen molar-refractivity contribution in [3.05, 3.63) is 39.8 Å². The third-order valence-corrected chi connectivity index (χ3v) is 6.11. The van der Waals surface area contributed by atoms with E-state index in [-0.39, 0.29) is 0 Å². The summed E-state index contributed by atoms with van der Waals surface area (Å²) < 4.78 is 0. The molecular formula is C21H23N5S. The van der Waals surface area contributed by atoms with Crippen LogP contribution < -0.4 is 4.90 Å². The maximum absolute atomic E-state index is 9.54. The molecule has 0 saturated carbocycles. The molecule has 6 heteroatoms. The molecule has 0 unspecified atom stereocenters. The van der Waals surface area contributed by atoms with Crippen LogP contribution in [0, 0.1) is 29.6 Å². The van der Waals surface area contributed by atoms with Crippen molar-refractivity contribution in [2.24, 2.45) is 10.2 Å². The zero-order valence-corrected chi connectivity index (χ0v) is 16.6. The van der Waals surface area contributed by atoms with E-state index in [1.807, 2.05) is 19.1 Å². The van der Waals surface area contributed by atoms with Crippen molar-refractivity contribution in [1.82, 2.24) is 0 Å². The minimum Gasteiger partial charge on any atom is -0.371 e. The number of fused-ring (bicyclic) bond motifs is 1. The number of nitriles is 2. The summed E-state index contributed by atoms with van der Waals surface area (Å²) in [6.45, 7) is 5.68. The first-order valence-corrected chi connectivity index (χ1v) is 10.2. The Balaban J connectivity index is 1.83. The van der Waals surface area contributed by atoms with Gasteiger partial charge in [0.25, 0.3) is 0 Å². The molecular weight excluding hydrogens is 354 g/mol. The lowest BCUT2D eigenvalue weighted by Crippen LogP contribution is -2.23. The van der Waals surface area contributed by atoms with Crippen LogP contribution in [-0.4, -0.2) is 13.1 Å². The summed E-state index contributed by atoms with van der Waals surface area (Å²) in [6, 6.07) is 10.6. The van der Waals surface area contributed by atoms with Crippen LogP contribution in [0.1, 0.15) is 47.8 Å². The van der Waals surface area contributed by atoms with E-state index in [0.717, 1.165) is 54.3 Å². The summed E-state index contributed by atoms with van der Waals surface area (Å²) in [5.41, 5.74) is 4.83. The SMILES string of the molecule is CCN(CCC#N)c1ccc(N=Nc2sc3c(c2C#N)CCCC3)c(C)c1. The van der Waals surface area contributed by atoms with Gasteiger partial charge < -0.3 is 4.90 Å². The van der Waals surface area contributed by atoms with Gasteiger partial charge in [-0.3, -0.25) is 0 Å². The lowest BCUT2D eigenvalue weighted by Gasteiger charge is -2.22. The number of benzene rings is 1. The smallest absolute Gasteiger partial charge is 0.157 e. The van der Waals surface area contributed by atoms with Crippen molar-refractivity contribution in [2.45, 2.75) is 46.0 Å². The summed E-state index contributed by atoms with van der Waals surface area (Å²) in [5, 5.41) is 27.9. The molecule has 3 rings (SSSR count). The molecule has 0 amide bonds. The van der Waals surface area contributed by atoms with E-state index in [0.29, 0.717) is 12.0 Å². The second-order valence-corrected chi connectivity index (χ2v) is 7.75. The number of hydrogen-bond acceptors (Lipinski definition) is 6. The Hall–Kier alpha value is -2.70. The second-order valence-electron chi connectivity index (χ2n) is 6.66. The van der Waals surface area contributed by atoms with Crippen molar-refractivity contribution in [3.63, 3.8) is 0 Å². The number of aryl methyl sites for hydroxylation is 2. The molecule has 0 bridgehead atoms. The van der Waals surface area contributed by atoms with E-state index in [4.69, 9.17) is 5.26 Å². The molecule has 138 valence electrons. The van der Waals surface area contributed by atoms with Gasteiger partial charge >= 0.3 is 0 Å². The molecule has 5 nitrogen and oxygen atoms in total.